The fourth-order valence-corrected chi connectivity index (χ4v) is 1.89. The van der Waals surface area contributed by atoms with Gasteiger partial charge in [0.05, 0.1) is 31.7 Å². The second-order valence-corrected chi connectivity index (χ2v) is 5.43. The van der Waals surface area contributed by atoms with Gasteiger partial charge in [-0.25, -0.2) is 4.79 Å². The van der Waals surface area contributed by atoms with E-state index in [1.165, 1.54) is 18.4 Å². The molecule has 3 N–H and O–H groups in total. The molecule has 0 saturated heterocycles. The quantitative estimate of drug-likeness (QED) is 0.278. The van der Waals surface area contributed by atoms with Crippen molar-refractivity contribution >= 4 is 18.4 Å². The number of carbonyl (C=O) groups excluding carboxylic acids is 1. The Labute approximate surface area is 173 Å². The van der Waals surface area contributed by atoms with E-state index in [1.54, 1.807) is 6.92 Å². The fraction of sp³-hybridized carbons (Fsp3) is 0.533. The number of halogens is 7. The van der Waals surface area contributed by atoms with Crippen LogP contribution in [-0.4, -0.2) is 46.4 Å². The summed E-state index contributed by atoms with van der Waals surface area (Å²) in [5.74, 6) is 3.88. The van der Waals surface area contributed by atoms with E-state index in [4.69, 9.17) is 4.74 Å². The van der Waals surface area contributed by atoms with Crippen molar-refractivity contribution in [2.24, 2.45) is 5.84 Å². The minimum Gasteiger partial charge on any atom is -0.461 e. The van der Waals surface area contributed by atoms with Gasteiger partial charge in [-0.05, 0) is 6.92 Å². The maximum atomic E-state index is 12.3. The highest BCUT2D eigenvalue weighted by atomic mass is 35.5. The lowest BCUT2D eigenvalue weighted by Gasteiger charge is -2.08. The number of hydrazine groups is 1. The molecule has 0 spiro atoms. The highest BCUT2D eigenvalue weighted by Gasteiger charge is 2.28. The van der Waals surface area contributed by atoms with Crippen molar-refractivity contribution in [1.82, 2.24) is 20.4 Å². The van der Waals surface area contributed by atoms with E-state index in [1.807, 2.05) is 5.43 Å². The molecule has 0 atom stereocenters. The third-order valence-corrected chi connectivity index (χ3v) is 3.12. The lowest BCUT2D eigenvalue weighted by Crippen LogP contribution is -2.27. The van der Waals surface area contributed by atoms with Crippen molar-refractivity contribution in [3.8, 4) is 11.4 Å². The van der Waals surface area contributed by atoms with Crippen LogP contribution >= 0.6 is 12.4 Å². The van der Waals surface area contributed by atoms with Gasteiger partial charge in [0.2, 0.25) is 0 Å². The molecule has 0 aliphatic rings. The molecule has 0 saturated carbocycles. The number of aryl methyl sites for hydroxylation is 1. The number of rotatable bonds is 7. The fourth-order valence-electron chi connectivity index (χ4n) is 1.89. The van der Waals surface area contributed by atoms with Crippen LogP contribution in [0.15, 0.2) is 22.9 Å². The molecule has 0 unspecified atom stereocenters. The van der Waals surface area contributed by atoms with Crippen molar-refractivity contribution in [2.45, 2.75) is 38.7 Å². The molecule has 0 fully saturated rings. The van der Waals surface area contributed by atoms with Crippen molar-refractivity contribution in [1.29, 1.82) is 0 Å². The van der Waals surface area contributed by atoms with E-state index in [0.717, 1.165) is 4.68 Å². The van der Waals surface area contributed by atoms with Crippen molar-refractivity contribution < 1.29 is 40.4 Å². The standard InChI is InChI=1S/C12H12F3N3O3.C3H7F3N2.ClH/c1-2-20-11(19)9-7-10(8-3-6-21-17-8)18(16-9)5-4-12(13,14)15;4-3(5,6)1-2-8-7;/h3,6-7H,2,4-5H2,1H3;8H,1-2,7H2;1H. The maximum Gasteiger partial charge on any atom is 0.390 e. The number of nitrogens with one attached hydrogen (secondary N) is 1. The normalized spacial score (nSPS) is 11.3. The molecule has 30 heavy (non-hydrogen) atoms. The van der Waals surface area contributed by atoms with E-state index in [0.29, 0.717) is 5.69 Å². The molecule has 0 aromatic carbocycles. The lowest BCUT2D eigenvalue weighted by atomic mass is 10.2. The van der Waals surface area contributed by atoms with Crippen molar-refractivity contribution in [3.05, 3.63) is 24.1 Å². The SMILES string of the molecule is CCOC(=O)c1cc(-c2ccon2)n(CCC(F)(F)F)n1.Cl.NNCCC(F)(F)F. The summed E-state index contributed by atoms with van der Waals surface area (Å²) in [5, 5.41) is 7.49. The van der Waals surface area contributed by atoms with Crippen LogP contribution in [0, 0.1) is 0 Å². The topological polar surface area (TPSA) is 108 Å². The molecule has 15 heteroatoms. The second-order valence-electron chi connectivity index (χ2n) is 5.43. The molecular formula is C15H20ClF6N5O3. The van der Waals surface area contributed by atoms with Gasteiger partial charge >= 0.3 is 18.3 Å². The van der Waals surface area contributed by atoms with Crippen molar-refractivity contribution in [2.75, 3.05) is 13.2 Å². The van der Waals surface area contributed by atoms with Crippen LogP contribution in [0.3, 0.4) is 0 Å². The van der Waals surface area contributed by atoms with E-state index in [-0.39, 0.29) is 36.9 Å². The van der Waals surface area contributed by atoms with Gasteiger partial charge in [-0.3, -0.25) is 16.0 Å². The summed E-state index contributed by atoms with van der Waals surface area (Å²) in [6, 6.07) is 2.79. The van der Waals surface area contributed by atoms with Crippen LogP contribution in [0.5, 0.6) is 0 Å². The molecule has 0 aliphatic carbocycles. The Morgan fingerprint density at radius 1 is 1.23 bits per heavy atom. The van der Waals surface area contributed by atoms with Crippen LogP contribution in [0.4, 0.5) is 26.3 Å². The van der Waals surface area contributed by atoms with E-state index >= 15 is 0 Å². The minimum atomic E-state index is -4.32. The molecule has 0 bridgehead atoms. The van der Waals surface area contributed by atoms with Crippen LogP contribution < -0.4 is 11.3 Å². The van der Waals surface area contributed by atoms with Gasteiger partial charge in [0.15, 0.2) is 5.69 Å². The Bertz CT molecular complexity index is 749. The predicted octanol–water partition coefficient (Wildman–Crippen LogP) is 3.49. The highest BCUT2D eigenvalue weighted by Crippen LogP contribution is 2.24. The van der Waals surface area contributed by atoms with Gasteiger partial charge in [0, 0.05) is 18.7 Å². The van der Waals surface area contributed by atoms with E-state index in [9.17, 15) is 31.1 Å². The third kappa shape index (κ3) is 10.5. The van der Waals surface area contributed by atoms with Gasteiger partial charge in [0.25, 0.3) is 0 Å². The summed E-state index contributed by atoms with van der Waals surface area (Å²) in [7, 11) is 0. The average molecular weight is 468 g/mol. The third-order valence-electron chi connectivity index (χ3n) is 3.12. The number of hydrogen-bond acceptors (Lipinski definition) is 7. The number of carbonyl (C=O) groups is 1. The molecule has 172 valence electrons. The maximum absolute atomic E-state index is 12.3. The molecule has 2 heterocycles. The van der Waals surface area contributed by atoms with E-state index < -0.39 is 37.7 Å². The second kappa shape index (κ2) is 12.4. The monoisotopic (exact) mass is 467 g/mol. The first kappa shape index (κ1) is 27.7. The molecule has 2 aromatic rings. The molecule has 0 aliphatic heterocycles. The van der Waals surface area contributed by atoms with Crippen LogP contribution in [0.2, 0.25) is 0 Å². The number of hydrogen-bond donors (Lipinski definition) is 2. The summed E-state index contributed by atoms with van der Waals surface area (Å²) >= 11 is 0. The molecule has 0 radical (unpaired) electrons. The first-order valence-corrected chi connectivity index (χ1v) is 8.19. The minimum absolute atomic E-state index is 0. The largest absolute Gasteiger partial charge is 0.461 e. The van der Waals surface area contributed by atoms with Gasteiger partial charge in [-0.1, -0.05) is 5.16 Å². The zero-order valence-corrected chi connectivity index (χ0v) is 16.4. The number of aromatic nitrogens is 3. The van der Waals surface area contributed by atoms with Crippen molar-refractivity contribution in [3.63, 3.8) is 0 Å². The Kier molecular flexibility index (Phi) is 11.4. The van der Waals surface area contributed by atoms with Gasteiger partial charge in [-0.2, -0.15) is 31.4 Å². The van der Waals surface area contributed by atoms with Gasteiger partial charge in [0.1, 0.15) is 12.0 Å². The molecule has 2 rings (SSSR count). The number of esters is 1. The van der Waals surface area contributed by atoms with Gasteiger partial charge in [-0.15, -0.1) is 12.4 Å². The van der Waals surface area contributed by atoms with E-state index in [2.05, 4.69) is 20.6 Å². The Hall–Kier alpha value is -2.32. The lowest BCUT2D eigenvalue weighted by molar-refractivity contribution is -0.137. The molecule has 0 amide bonds. The number of nitrogens with two attached hydrogens (primary N) is 1. The number of ether oxygens (including phenoxy) is 1. The Morgan fingerprint density at radius 3 is 2.30 bits per heavy atom. The summed E-state index contributed by atoms with van der Waals surface area (Å²) < 4.78 is 80.9. The predicted molar refractivity (Wildman–Crippen MR) is 94.5 cm³/mol. The smallest absolute Gasteiger partial charge is 0.390 e. The average Bonchev–Trinajstić information content (AvgIpc) is 3.27. The zero-order valence-electron chi connectivity index (χ0n) is 15.6. The first-order chi connectivity index (χ1) is 13.5. The van der Waals surface area contributed by atoms with Crippen LogP contribution in [0.1, 0.15) is 30.3 Å². The number of alkyl halides is 6. The van der Waals surface area contributed by atoms with Crippen LogP contribution in [0.25, 0.3) is 11.4 Å². The summed E-state index contributed by atoms with van der Waals surface area (Å²) in [4.78, 5) is 11.6. The summed E-state index contributed by atoms with van der Waals surface area (Å²) in [6.45, 7) is 1.12. The molecular weight excluding hydrogens is 448 g/mol. The summed E-state index contributed by atoms with van der Waals surface area (Å²) in [5.41, 5.74) is 2.38. The Morgan fingerprint density at radius 2 is 1.87 bits per heavy atom. The molecule has 2 aromatic heterocycles. The summed E-state index contributed by atoms with van der Waals surface area (Å²) in [6.07, 6.45) is -9.07. The number of nitrogens with zero attached hydrogens (tertiary/aromatic N) is 3. The first-order valence-electron chi connectivity index (χ1n) is 8.19. The van der Waals surface area contributed by atoms with Gasteiger partial charge < -0.3 is 9.26 Å². The molecule has 8 nitrogen and oxygen atoms in total. The zero-order chi connectivity index (χ0) is 22.1. The Balaban J connectivity index is 0.000000801. The van der Waals surface area contributed by atoms with Crippen LogP contribution in [-0.2, 0) is 11.3 Å². The highest BCUT2D eigenvalue weighted by molar-refractivity contribution is 5.88.